The molecule has 3 rings (SSSR count). The van der Waals surface area contributed by atoms with Crippen molar-refractivity contribution in [2.75, 3.05) is 23.6 Å². The van der Waals surface area contributed by atoms with E-state index in [9.17, 15) is 13.2 Å². The molecule has 1 fully saturated rings. The van der Waals surface area contributed by atoms with E-state index in [-0.39, 0.29) is 23.6 Å². The molecular weight excluding hydrogens is 362 g/mol. The number of carbonyl (C=O) groups is 1. The van der Waals surface area contributed by atoms with Gasteiger partial charge >= 0.3 is 0 Å². The van der Waals surface area contributed by atoms with Gasteiger partial charge in [-0.25, -0.2) is 8.42 Å². The maximum Gasteiger partial charge on any atom is 0.256 e. The Labute approximate surface area is 160 Å². The Bertz CT molecular complexity index is 900. The van der Waals surface area contributed by atoms with Crippen LogP contribution in [0.5, 0.6) is 0 Å². The molecule has 7 heteroatoms. The van der Waals surface area contributed by atoms with Gasteiger partial charge < -0.3 is 10.6 Å². The van der Waals surface area contributed by atoms with E-state index in [1.807, 2.05) is 30.3 Å². The average Bonchev–Trinajstić information content (AvgIpc) is 3.04. The van der Waals surface area contributed by atoms with Crippen molar-refractivity contribution in [3.63, 3.8) is 0 Å². The van der Waals surface area contributed by atoms with Gasteiger partial charge in [-0.2, -0.15) is 0 Å². The molecule has 1 aliphatic heterocycles. The van der Waals surface area contributed by atoms with Crippen LogP contribution in [0.3, 0.4) is 0 Å². The van der Waals surface area contributed by atoms with Gasteiger partial charge in [0.25, 0.3) is 5.91 Å². The van der Waals surface area contributed by atoms with Crippen molar-refractivity contribution in [3.8, 4) is 0 Å². The predicted octanol–water partition coefficient (Wildman–Crippen LogP) is 2.41. The van der Waals surface area contributed by atoms with Crippen LogP contribution >= 0.6 is 0 Å². The number of nitrogens with two attached hydrogens (primary N) is 1. The molecule has 0 radical (unpaired) electrons. The van der Waals surface area contributed by atoms with Crippen LogP contribution < -0.4 is 10.5 Å². The summed E-state index contributed by atoms with van der Waals surface area (Å²) >= 11 is 0. The number of para-hydroxylation sites is 1. The fourth-order valence-electron chi connectivity index (χ4n) is 3.46. The summed E-state index contributed by atoms with van der Waals surface area (Å²) in [7, 11) is -3.47. The smallest absolute Gasteiger partial charge is 0.256 e. The number of hydrogen-bond acceptors (Lipinski definition) is 4. The first-order valence-corrected chi connectivity index (χ1v) is 10.8. The number of sulfonamides is 1. The largest absolute Gasteiger partial charge is 0.336 e. The van der Waals surface area contributed by atoms with Gasteiger partial charge in [0, 0.05) is 25.0 Å². The monoisotopic (exact) mass is 387 g/mol. The van der Waals surface area contributed by atoms with Crippen molar-refractivity contribution < 1.29 is 13.2 Å². The number of rotatable bonds is 6. The van der Waals surface area contributed by atoms with Crippen LogP contribution in [0.1, 0.15) is 35.2 Å². The van der Waals surface area contributed by atoms with E-state index in [1.165, 1.54) is 0 Å². The number of likely N-dealkylation sites (tertiary alicyclic amines) is 1. The molecule has 1 aliphatic rings. The fourth-order valence-corrected chi connectivity index (χ4v) is 4.62. The number of carbonyl (C=O) groups excluding carboxylic acids is 1. The molecule has 2 atom stereocenters. The van der Waals surface area contributed by atoms with E-state index in [0.717, 1.165) is 5.56 Å². The third kappa shape index (κ3) is 4.48. The molecule has 0 spiro atoms. The maximum absolute atomic E-state index is 13.1. The molecule has 3 N–H and O–H groups in total. The molecule has 1 saturated heterocycles. The van der Waals surface area contributed by atoms with E-state index in [4.69, 9.17) is 5.73 Å². The molecule has 0 aromatic heterocycles. The average molecular weight is 388 g/mol. The molecule has 2 aromatic carbocycles. The van der Waals surface area contributed by atoms with Crippen molar-refractivity contribution in [2.45, 2.75) is 25.3 Å². The lowest BCUT2D eigenvalue weighted by Gasteiger charge is -2.19. The fraction of sp³-hybridized carbons (Fsp3) is 0.350. The van der Waals surface area contributed by atoms with Gasteiger partial charge in [-0.3, -0.25) is 9.52 Å². The van der Waals surface area contributed by atoms with Crippen LogP contribution in [0.4, 0.5) is 5.69 Å². The van der Waals surface area contributed by atoms with E-state index in [2.05, 4.69) is 4.72 Å². The van der Waals surface area contributed by atoms with Crippen LogP contribution in [0, 0.1) is 0 Å². The molecular formula is C20H25N3O3S. The van der Waals surface area contributed by atoms with Crippen LogP contribution in [-0.4, -0.2) is 44.1 Å². The molecule has 6 nitrogen and oxygen atoms in total. The second-order valence-corrected chi connectivity index (χ2v) is 8.70. The topological polar surface area (TPSA) is 92.5 Å². The quantitative estimate of drug-likeness (QED) is 0.796. The summed E-state index contributed by atoms with van der Waals surface area (Å²) in [5.41, 5.74) is 8.06. The summed E-state index contributed by atoms with van der Waals surface area (Å²) in [6.07, 6.45) is 0.505. The molecule has 0 bridgehead atoms. The molecule has 2 aromatic rings. The molecule has 1 amide bonds. The second kappa shape index (κ2) is 8.10. The Morgan fingerprint density at radius 1 is 1.11 bits per heavy atom. The lowest BCUT2D eigenvalue weighted by Crippen LogP contribution is -2.32. The van der Waals surface area contributed by atoms with Crippen LogP contribution in [0.25, 0.3) is 0 Å². The minimum atomic E-state index is -3.47. The van der Waals surface area contributed by atoms with Crippen molar-refractivity contribution in [1.29, 1.82) is 0 Å². The highest BCUT2D eigenvalue weighted by Gasteiger charge is 2.35. The van der Waals surface area contributed by atoms with E-state index >= 15 is 0 Å². The summed E-state index contributed by atoms with van der Waals surface area (Å²) in [6, 6.07) is 16.5. The van der Waals surface area contributed by atoms with Gasteiger partial charge in [0.2, 0.25) is 10.0 Å². The number of nitrogens with one attached hydrogen (secondary N) is 1. The highest BCUT2D eigenvalue weighted by atomic mass is 32.2. The van der Waals surface area contributed by atoms with Gasteiger partial charge in [0.15, 0.2) is 0 Å². The summed E-state index contributed by atoms with van der Waals surface area (Å²) < 4.78 is 26.8. The minimum Gasteiger partial charge on any atom is -0.336 e. The van der Waals surface area contributed by atoms with Gasteiger partial charge in [-0.15, -0.1) is 0 Å². The maximum atomic E-state index is 13.1. The Kier molecular flexibility index (Phi) is 5.82. The van der Waals surface area contributed by atoms with Gasteiger partial charge in [0.05, 0.1) is 17.0 Å². The Morgan fingerprint density at radius 2 is 1.78 bits per heavy atom. The van der Waals surface area contributed by atoms with Gasteiger partial charge in [-0.05, 0) is 24.1 Å². The van der Waals surface area contributed by atoms with E-state index < -0.39 is 10.0 Å². The zero-order valence-corrected chi connectivity index (χ0v) is 16.2. The lowest BCUT2D eigenvalue weighted by molar-refractivity contribution is 0.0790. The third-order valence-corrected chi connectivity index (χ3v) is 6.25. The first kappa shape index (κ1) is 19.4. The first-order chi connectivity index (χ1) is 12.9. The summed E-state index contributed by atoms with van der Waals surface area (Å²) in [4.78, 5) is 14.8. The minimum absolute atomic E-state index is 0.0141. The summed E-state index contributed by atoms with van der Waals surface area (Å²) in [5, 5.41) is 0. The van der Waals surface area contributed by atoms with Crippen molar-refractivity contribution in [3.05, 3.63) is 65.7 Å². The van der Waals surface area contributed by atoms with E-state index in [1.54, 1.807) is 36.1 Å². The van der Waals surface area contributed by atoms with Crippen molar-refractivity contribution >= 4 is 21.6 Å². The molecule has 27 heavy (non-hydrogen) atoms. The second-order valence-electron chi connectivity index (χ2n) is 6.86. The number of amides is 1. The number of nitrogens with zero attached hydrogens (tertiary/aromatic N) is 1. The van der Waals surface area contributed by atoms with Gasteiger partial charge in [-0.1, -0.05) is 49.4 Å². The molecule has 0 unspecified atom stereocenters. The lowest BCUT2D eigenvalue weighted by atomic mass is 9.95. The van der Waals surface area contributed by atoms with Crippen LogP contribution in [0.15, 0.2) is 54.6 Å². The van der Waals surface area contributed by atoms with Crippen LogP contribution in [-0.2, 0) is 10.0 Å². The highest BCUT2D eigenvalue weighted by molar-refractivity contribution is 7.92. The van der Waals surface area contributed by atoms with Crippen molar-refractivity contribution in [1.82, 2.24) is 4.90 Å². The third-order valence-electron chi connectivity index (χ3n) is 4.78. The molecule has 1 heterocycles. The summed E-state index contributed by atoms with van der Waals surface area (Å²) in [6.45, 7) is 2.75. The van der Waals surface area contributed by atoms with Crippen LogP contribution in [0.2, 0.25) is 0 Å². The van der Waals surface area contributed by atoms with Gasteiger partial charge in [0.1, 0.15) is 0 Å². The molecule has 144 valence electrons. The number of anilines is 1. The Hall–Kier alpha value is -2.38. The Morgan fingerprint density at radius 3 is 2.48 bits per heavy atom. The zero-order valence-electron chi connectivity index (χ0n) is 15.3. The standard InChI is InChI=1S/C20H25N3O3S/c1-2-12-27(25,26)22-19-11-7-6-10-16(19)20(24)23-13-17(18(21)14-23)15-8-4-3-5-9-15/h3-11,17-18,22H,2,12-14,21H2,1H3/t17-,18+/m0/s1. The summed E-state index contributed by atoms with van der Waals surface area (Å²) in [5.74, 6) is -0.127. The highest BCUT2D eigenvalue weighted by Crippen LogP contribution is 2.29. The SMILES string of the molecule is CCCS(=O)(=O)Nc1ccccc1C(=O)N1C[C@@H](N)[C@H](c2ccccc2)C1. The van der Waals surface area contributed by atoms with E-state index in [0.29, 0.717) is 30.8 Å². The first-order valence-electron chi connectivity index (χ1n) is 9.10. The molecule has 0 aliphatic carbocycles. The number of benzene rings is 2. The van der Waals surface area contributed by atoms with Crippen molar-refractivity contribution in [2.24, 2.45) is 5.73 Å². The normalized spacial score (nSPS) is 19.9. The number of hydrogen-bond donors (Lipinski definition) is 2. The molecule has 0 saturated carbocycles. The Balaban J connectivity index is 1.81. The zero-order chi connectivity index (χ0) is 19.4. The predicted molar refractivity (Wildman–Crippen MR) is 107 cm³/mol.